The van der Waals surface area contributed by atoms with Crippen molar-refractivity contribution in [3.05, 3.63) is 0 Å². The van der Waals surface area contributed by atoms with Gasteiger partial charge in [0.15, 0.2) is 0 Å². The fourth-order valence-corrected chi connectivity index (χ4v) is 3.05. The van der Waals surface area contributed by atoms with Crippen LogP contribution >= 0.6 is 0 Å². The highest BCUT2D eigenvalue weighted by Crippen LogP contribution is 2.16. The van der Waals surface area contributed by atoms with Gasteiger partial charge in [-0.05, 0) is 90.3 Å². The summed E-state index contributed by atoms with van der Waals surface area (Å²) in [5, 5.41) is 7.11. The van der Waals surface area contributed by atoms with Crippen LogP contribution in [0.3, 0.4) is 0 Å². The SMILES string of the molecule is CN1CCC(CNCCC2CCNCC2)CC1. The lowest BCUT2D eigenvalue weighted by Crippen LogP contribution is -2.36. The van der Waals surface area contributed by atoms with E-state index in [2.05, 4.69) is 22.6 Å². The van der Waals surface area contributed by atoms with Gasteiger partial charge >= 0.3 is 0 Å². The largest absolute Gasteiger partial charge is 0.317 e. The first-order valence-electron chi connectivity index (χ1n) is 7.44. The first kappa shape index (κ1) is 13.3. The Morgan fingerprint density at radius 2 is 1.76 bits per heavy atom. The van der Waals surface area contributed by atoms with E-state index in [4.69, 9.17) is 0 Å². The summed E-state index contributed by atoms with van der Waals surface area (Å²) in [7, 11) is 2.24. The predicted molar refractivity (Wildman–Crippen MR) is 73.3 cm³/mol. The van der Waals surface area contributed by atoms with Crippen LogP contribution < -0.4 is 10.6 Å². The van der Waals surface area contributed by atoms with Gasteiger partial charge in [-0.2, -0.15) is 0 Å². The number of hydrogen-bond acceptors (Lipinski definition) is 3. The van der Waals surface area contributed by atoms with E-state index < -0.39 is 0 Å². The molecule has 2 rings (SSSR count). The second-order valence-electron chi connectivity index (χ2n) is 5.93. The monoisotopic (exact) mass is 239 g/mol. The third-order valence-electron chi connectivity index (χ3n) is 4.46. The van der Waals surface area contributed by atoms with Crippen molar-refractivity contribution >= 4 is 0 Å². The normalized spacial score (nSPS) is 25.2. The second-order valence-corrected chi connectivity index (χ2v) is 5.93. The topological polar surface area (TPSA) is 27.3 Å². The Morgan fingerprint density at radius 1 is 1.06 bits per heavy atom. The predicted octanol–water partition coefficient (Wildman–Crippen LogP) is 1.31. The van der Waals surface area contributed by atoms with Crippen LogP contribution in [-0.2, 0) is 0 Å². The number of hydrogen-bond donors (Lipinski definition) is 2. The molecule has 0 aromatic heterocycles. The summed E-state index contributed by atoms with van der Waals surface area (Å²) in [4.78, 5) is 2.45. The van der Waals surface area contributed by atoms with Crippen molar-refractivity contribution in [3.63, 3.8) is 0 Å². The highest BCUT2D eigenvalue weighted by molar-refractivity contribution is 4.73. The molecule has 100 valence electrons. The molecule has 2 aliphatic heterocycles. The van der Waals surface area contributed by atoms with Crippen LogP contribution in [0, 0.1) is 11.8 Å². The molecular weight excluding hydrogens is 210 g/mol. The molecule has 0 atom stereocenters. The summed E-state index contributed by atoms with van der Waals surface area (Å²) in [6.45, 7) is 7.54. The molecule has 0 radical (unpaired) electrons. The number of piperidine rings is 2. The Morgan fingerprint density at radius 3 is 2.47 bits per heavy atom. The first-order chi connectivity index (χ1) is 8.34. The zero-order valence-electron chi connectivity index (χ0n) is 11.4. The number of likely N-dealkylation sites (tertiary alicyclic amines) is 1. The molecule has 3 heteroatoms. The van der Waals surface area contributed by atoms with Crippen molar-refractivity contribution in [1.82, 2.24) is 15.5 Å². The number of rotatable bonds is 5. The molecule has 2 saturated heterocycles. The summed E-state index contributed by atoms with van der Waals surface area (Å²) >= 11 is 0. The summed E-state index contributed by atoms with van der Waals surface area (Å²) < 4.78 is 0. The summed E-state index contributed by atoms with van der Waals surface area (Å²) in [6, 6.07) is 0. The minimum Gasteiger partial charge on any atom is -0.317 e. The number of nitrogens with one attached hydrogen (secondary N) is 2. The van der Waals surface area contributed by atoms with Gasteiger partial charge < -0.3 is 15.5 Å². The molecule has 0 bridgehead atoms. The molecular formula is C14H29N3. The fourth-order valence-electron chi connectivity index (χ4n) is 3.05. The van der Waals surface area contributed by atoms with E-state index in [1.165, 1.54) is 71.4 Å². The van der Waals surface area contributed by atoms with Crippen LogP contribution in [0.1, 0.15) is 32.1 Å². The average Bonchev–Trinajstić information content (AvgIpc) is 2.38. The van der Waals surface area contributed by atoms with E-state index in [9.17, 15) is 0 Å². The molecule has 0 spiro atoms. The van der Waals surface area contributed by atoms with Crippen LogP contribution in [0.25, 0.3) is 0 Å². The summed E-state index contributed by atoms with van der Waals surface area (Å²) in [5.74, 6) is 1.90. The highest BCUT2D eigenvalue weighted by atomic mass is 15.1. The van der Waals surface area contributed by atoms with E-state index in [1.807, 2.05) is 0 Å². The minimum atomic E-state index is 0.930. The second kappa shape index (κ2) is 7.34. The first-order valence-corrected chi connectivity index (χ1v) is 7.44. The van der Waals surface area contributed by atoms with Crippen molar-refractivity contribution in [3.8, 4) is 0 Å². The van der Waals surface area contributed by atoms with Crippen molar-refractivity contribution < 1.29 is 0 Å². The maximum absolute atomic E-state index is 3.68. The van der Waals surface area contributed by atoms with E-state index in [0.717, 1.165) is 11.8 Å². The summed E-state index contributed by atoms with van der Waals surface area (Å²) in [6.07, 6.45) is 6.92. The van der Waals surface area contributed by atoms with Gasteiger partial charge in [-0.3, -0.25) is 0 Å². The molecule has 0 amide bonds. The Bertz CT molecular complexity index is 194. The van der Waals surface area contributed by atoms with Crippen LogP contribution in [0.2, 0.25) is 0 Å². The lowest BCUT2D eigenvalue weighted by Gasteiger charge is -2.29. The number of nitrogens with zero attached hydrogens (tertiary/aromatic N) is 1. The zero-order valence-corrected chi connectivity index (χ0v) is 11.4. The van der Waals surface area contributed by atoms with Gasteiger partial charge in [0.2, 0.25) is 0 Å². The smallest absolute Gasteiger partial charge is 0.00187 e. The molecule has 0 aliphatic carbocycles. The van der Waals surface area contributed by atoms with Gasteiger partial charge in [0.1, 0.15) is 0 Å². The Kier molecular flexibility index (Phi) is 5.75. The Hall–Kier alpha value is -0.120. The molecule has 0 saturated carbocycles. The standard InChI is InChI=1S/C14H29N3/c1-17-10-5-14(6-11-17)12-16-9-4-13-2-7-15-8-3-13/h13-16H,2-12H2,1H3. The molecule has 2 aliphatic rings. The van der Waals surface area contributed by atoms with Crippen LogP contribution in [-0.4, -0.2) is 51.2 Å². The van der Waals surface area contributed by atoms with Crippen molar-refractivity contribution in [1.29, 1.82) is 0 Å². The quantitative estimate of drug-likeness (QED) is 0.708. The van der Waals surface area contributed by atoms with Crippen molar-refractivity contribution in [2.75, 3.05) is 46.3 Å². The van der Waals surface area contributed by atoms with Crippen LogP contribution in [0.15, 0.2) is 0 Å². The van der Waals surface area contributed by atoms with Gasteiger partial charge in [0.05, 0.1) is 0 Å². The fraction of sp³-hybridized carbons (Fsp3) is 1.00. The van der Waals surface area contributed by atoms with Crippen molar-refractivity contribution in [2.24, 2.45) is 11.8 Å². The average molecular weight is 239 g/mol. The molecule has 3 nitrogen and oxygen atoms in total. The minimum absolute atomic E-state index is 0.930. The Balaban J connectivity index is 1.48. The van der Waals surface area contributed by atoms with Gasteiger partial charge in [0, 0.05) is 0 Å². The molecule has 2 heterocycles. The van der Waals surface area contributed by atoms with E-state index in [-0.39, 0.29) is 0 Å². The zero-order chi connectivity index (χ0) is 11.9. The van der Waals surface area contributed by atoms with Crippen molar-refractivity contribution in [2.45, 2.75) is 32.1 Å². The van der Waals surface area contributed by atoms with Gasteiger partial charge in [-0.1, -0.05) is 0 Å². The lowest BCUT2D eigenvalue weighted by molar-refractivity contribution is 0.215. The van der Waals surface area contributed by atoms with E-state index >= 15 is 0 Å². The molecule has 0 unspecified atom stereocenters. The molecule has 2 fully saturated rings. The summed E-state index contributed by atoms with van der Waals surface area (Å²) in [5.41, 5.74) is 0. The van der Waals surface area contributed by atoms with E-state index in [1.54, 1.807) is 0 Å². The third kappa shape index (κ3) is 4.94. The van der Waals surface area contributed by atoms with Gasteiger partial charge in [-0.25, -0.2) is 0 Å². The van der Waals surface area contributed by atoms with Gasteiger partial charge in [-0.15, -0.1) is 0 Å². The maximum Gasteiger partial charge on any atom is -0.00187 e. The molecule has 0 aromatic carbocycles. The maximum atomic E-state index is 3.68. The molecule has 2 N–H and O–H groups in total. The van der Waals surface area contributed by atoms with E-state index in [0.29, 0.717) is 0 Å². The Labute approximate surface area is 106 Å². The van der Waals surface area contributed by atoms with Crippen LogP contribution in [0.5, 0.6) is 0 Å². The third-order valence-corrected chi connectivity index (χ3v) is 4.46. The highest BCUT2D eigenvalue weighted by Gasteiger charge is 2.16. The van der Waals surface area contributed by atoms with Gasteiger partial charge in [0.25, 0.3) is 0 Å². The molecule has 17 heavy (non-hydrogen) atoms. The lowest BCUT2D eigenvalue weighted by atomic mass is 9.94. The van der Waals surface area contributed by atoms with Crippen LogP contribution in [0.4, 0.5) is 0 Å². The molecule has 0 aromatic rings.